The fraction of sp³-hybridized carbons (Fsp3) is 1.00. The minimum atomic E-state index is -4.26. The molecular weight excluding hydrogens is 228 g/mol. The molecule has 0 rings (SSSR count). The lowest BCUT2D eigenvalue weighted by Crippen LogP contribution is -2.13. The fourth-order valence-electron chi connectivity index (χ4n) is 1.69. The van der Waals surface area contributed by atoms with Gasteiger partial charge in [0.05, 0.1) is 6.61 Å². The molecule has 0 amide bonds. The first-order valence-corrected chi connectivity index (χ1v) is 7.25. The van der Waals surface area contributed by atoms with Crippen LogP contribution in [-0.4, -0.2) is 19.6 Å². The van der Waals surface area contributed by atoms with Crippen LogP contribution >= 0.6 is 0 Å². The first-order valence-electron chi connectivity index (χ1n) is 5.89. The quantitative estimate of drug-likeness (QED) is 0.505. The minimum absolute atomic E-state index is 0.0655. The molecule has 0 spiro atoms. The molecule has 1 N–H and O–H groups in total. The predicted molar refractivity (Wildman–Crippen MR) is 64.7 cm³/mol. The van der Waals surface area contributed by atoms with E-state index in [2.05, 4.69) is 25.0 Å². The van der Waals surface area contributed by atoms with Crippen LogP contribution in [0, 0.1) is 5.41 Å². The van der Waals surface area contributed by atoms with Crippen LogP contribution in [0.5, 0.6) is 0 Å². The second-order valence-electron chi connectivity index (χ2n) is 4.97. The minimum Gasteiger partial charge on any atom is -0.264 e. The summed E-state index contributed by atoms with van der Waals surface area (Å²) in [6, 6.07) is 0. The lowest BCUT2D eigenvalue weighted by Gasteiger charge is -2.24. The molecular formula is C11H24O4S. The zero-order chi connectivity index (χ0) is 12.7. The lowest BCUT2D eigenvalue weighted by atomic mass is 9.83. The summed E-state index contributed by atoms with van der Waals surface area (Å²) in [5.74, 6) is 0. The Hall–Kier alpha value is -0.130. The Balaban J connectivity index is 3.65. The molecule has 0 aliphatic rings. The Bertz CT molecular complexity index is 270. The normalized spacial score (nSPS) is 13.0. The van der Waals surface area contributed by atoms with Crippen molar-refractivity contribution in [3.63, 3.8) is 0 Å². The largest absolute Gasteiger partial charge is 0.397 e. The molecule has 16 heavy (non-hydrogen) atoms. The van der Waals surface area contributed by atoms with Crippen molar-refractivity contribution in [3.05, 3.63) is 0 Å². The third-order valence-electron chi connectivity index (χ3n) is 2.69. The van der Waals surface area contributed by atoms with Gasteiger partial charge < -0.3 is 0 Å². The van der Waals surface area contributed by atoms with E-state index in [1.807, 2.05) is 0 Å². The van der Waals surface area contributed by atoms with Gasteiger partial charge in [-0.2, -0.15) is 8.42 Å². The van der Waals surface area contributed by atoms with Crippen molar-refractivity contribution in [1.82, 2.24) is 0 Å². The maximum absolute atomic E-state index is 10.3. The molecule has 0 aromatic carbocycles. The lowest BCUT2D eigenvalue weighted by molar-refractivity contribution is 0.225. The van der Waals surface area contributed by atoms with E-state index in [0.29, 0.717) is 6.42 Å². The van der Waals surface area contributed by atoms with Crippen molar-refractivity contribution in [2.24, 2.45) is 5.41 Å². The highest BCUT2D eigenvalue weighted by Gasteiger charge is 2.17. The summed E-state index contributed by atoms with van der Waals surface area (Å²) in [5.41, 5.74) is 0.220. The summed E-state index contributed by atoms with van der Waals surface area (Å²) in [4.78, 5) is 0. The maximum atomic E-state index is 10.3. The van der Waals surface area contributed by atoms with Crippen LogP contribution < -0.4 is 0 Å². The Morgan fingerprint density at radius 2 is 1.69 bits per heavy atom. The number of hydrogen-bond acceptors (Lipinski definition) is 3. The molecule has 0 radical (unpaired) electrons. The van der Waals surface area contributed by atoms with E-state index in [4.69, 9.17) is 4.55 Å². The molecule has 0 bridgehead atoms. The van der Waals surface area contributed by atoms with Gasteiger partial charge in [0.1, 0.15) is 0 Å². The van der Waals surface area contributed by atoms with Crippen molar-refractivity contribution in [2.45, 2.75) is 59.3 Å². The zero-order valence-corrected chi connectivity index (χ0v) is 11.3. The third kappa shape index (κ3) is 10.4. The average molecular weight is 252 g/mol. The Morgan fingerprint density at radius 1 is 1.12 bits per heavy atom. The molecule has 4 nitrogen and oxygen atoms in total. The smallest absolute Gasteiger partial charge is 0.264 e. The molecule has 0 unspecified atom stereocenters. The van der Waals surface area contributed by atoms with Crippen molar-refractivity contribution in [3.8, 4) is 0 Å². The molecule has 98 valence electrons. The summed E-state index contributed by atoms with van der Waals surface area (Å²) in [6.07, 6.45) is 6.37. The van der Waals surface area contributed by atoms with Crippen LogP contribution in [0.1, 0.15) is 59.3 Å². The molecule has 0 saturated heterocycles. The maximum Gasteiger partial charge on any atom is 0.397 e. The standard InChI is InChI=1S/C11H24O4S/c1-4-5-6-8-11(2,3)9-7-10-15-16(12,13)14/h4-10H2,1-3H3,(H,12,13,14). The van der Waals surface area contributed by atoms with Crippen LogP contribution in [-0.2, 0) is 14.6 Å². The number of rotatable bonds is 9. The molecule has 0 aliphatic carbocycles. The third-order valence-corrected chi connectivity index (χ3v) is 3.15. The van der Waals surface area contributed by atoms with E-state index < -0.39 is 10.4 Å². The highest BCUT2D eigenvalue weighted by molar-refractivity contribution is 7.80. The average Bonchev–Trinajstić information content (AvgIpc) is 2.11. The summed E-state index contributed by atoms with van der Waals surface area (Å²) in [6.45, 7) is 6.59. The highest BCUT2D eigenvalue weighted by Crippen LogP contribution is 2.29. The van der Waals surface area contributed by atoms with Crippen LogP contribution in [0.15, 0.2) is 0 Å². The molecule has 0 fully saturated rings. The van der Waals surface area contributed by atoms with Crippen molar-refractivity contribution in [1.29, 1.82) is 0 Å². The molecule has 5 heteroatoms. The van der Waals surface area contributed by atoms with Gasteiger partial charge in [-0.05, 0) is 24.7 Å². The van der Waals surface area contributed by atoms with Gasteiger partial charge in [-0.25, -0.2) is 4.18 Å². The summed E-state index contributed by atoms with van der Waals surface area (Å²) in [7, 11) is -4.26. The number of unbranched alkanes of at least 4 members (excludes halogenated alkanes) is 2. The van der Waals surface area contributed by atoms with E-state index in [1.165, 1.54) is 19.3 Å². The van der Waals surface area contributed by atoms with Crippen LogP contribution in [0.2, 0.25) is 0 Å². The van der Waals surface area contributed by atoms with Gasteiger partial charge in [0.25, 0.3) is 0 Å². The second kappa shape index (κ2) is 7.25. The van der Waals surface area contributed by atoms with Crippen molar-refractivity contribution >= 4 is 10.4 Å². The van der Waals surface area contributed by atoms with Gasteiger partial charge in [-0.1, -0.05) is 40.0 Å². The Morgan fingerprint density at radius 3 is 2.19 bits per heavy atom. The van der Waals surface area contributed by atoms with Crippen molar-refractivity contribution < 1.29 is 17.2 Å². The second-order valence-corrected chi connectivity index (χ2v) is 6.07. The van der Waals surface area contributed by atoms with Crippen LogP contribution in [0.3, 0.4) is 0 Å². The highest BCUT2D eigenvalue weighted by atomic mass is 32.3. The molecule has 0 aromatic rings. The topological polar surface area (TPSA) is 63.6 Å². The fourth-order valence-corrected chi connectivity index (χ4v) is 2.02. The van der Waals surface area contributed by atoms with Crippen LogP contribution in [0.25, 0.3) is 0 Å². The van der Waals surface area contributed by atoms with Gasteiger partial charge in [-0.15, -0.1) is 0 Å². The van der Waals surface area contributed by atoms with Gasteiger partial charge in [0.15, 0.2) is 0 Å². The van der Waals surface area contributed by atoms with Crippen LogP contribution in [0.4, 0.5) is 0 Å². The molecule has 0 heterocycles. The first-order chi connectivity index (χ1) is 7.27. The number of hydrogen-bond donors (Lipinski definition) is 1. The molecule has 0 aliphatic heterocycles. The monoisotopic (exact) mass is 252 g/mol. The SMILES string of the molecule is CCCCCC(C)(C)CCCOS(=O)(=O)O. The summed E-state index contributed by atoms with van der Waals surface area (Å²) in [5, 5.41) is 0. The van der Waals surface area contributed by atoms with E-state index in [-0.39, 0.29) is 12.0 Å². The molecule has 0 atom stereocenters. The van der Waals surface area contributed by atoms with Crippen molar-refractivity contribution in [2.75, 3.05) is 6.61 Å². The Labute approximate surface area is 99.3 Å². The van der Waals surface area contributed by atoms with Gasteiger partial charge in [0, 0.05) is 0 Å². The first kappa shape index (κ1) is 15.9. The van der Waals surface area contributed by atoms with Gasteiger partial charge >= 0.3 is 10.4 Å². The molecule has 0 aromatic heterocycles. The van der Waals surface area contributed by atoms with E-state index >= 15 is 0 Å². The summed E-state index contributed by atoms with van der Waals surface area (Å²) >= 11 is 0. The van der Waals surface area contributed by atoms with E-state index in [1.54, 1.807) is 0 Å². The molecule has 0 saturated carbocycles. The van der Waals surface area contributed by atoms with E-state index in [0.717, 1.165) is 12.8 Å². The predicted octanol–water partition coefficient (Wildman–Crippen LogP) is 3.19. The van der Waals surface area contributed by atoms with E-state index in [9.17, 15) is 8.42 Å². The summed E-state index contributed by atoms with van der Waals surface area (Å²) < 4.78 is 33.2. The van der Waals surface area contributed by atoms with Gasteiger partial charge in [-0.3, -0.25) is 4.55 Å². The van der Waals surface area contributed by atoms with Gasteiger partial charge in [0.2, 0.25) is 0 Å². The Kier molecular flexibility index (Phi) is 7.19. The zero-order valence-electron chi connectivity index (χ0n) is 10.5.